The minimum atomic E-state index is -0.777. The fraction of sp³-hybridized carbons (Fsp3) is 0.543. The fourth-order valence-electron chi connectivity index (χ4n) is 7.05. The summed E-state index contributed by atoms with van der Waals surface area (Å²) >= 11 is 0. The van der Waals surface area contributed by atoms with Gasteiger partial charge in [0, 0.05) is 48.5 Å². The predicted octanol–water partition coefficient (Wildman–Crippen LogP) is 7.67. The van der Waals surface area contributed by atoms with E-state index >= 15 is 0 Å². The maximum absolute atomic E-state index is 12.4. The quantitative estimate of drug-likeness (QED) is 0.322. The number of aliphatic imine (C=N–C) groups is 2. The number of nitrogens with zero attached hydrogens (tertiary/aromatic N) is 4. The molecule has 2 aliphatic carbocycles. The van der Waals surface area contributed by atoms with Crippen LogP contribution in [0.2, 0.25) is 0 Å². The zero-order valence-electron chi connectivity index (χ0n) is 26.4. The van der Waals surface area contributed by atoms with Crippen LogP contribution in [0, 0.1) is 11.8 Å². The normalized spacial score (nSPS) is 23.0. The number of hydrogen-bond donors (Lipinski definition) is 1. The largest absolute Gasteiger partial charge is 0.313 e. The SMILES string of the molecule is Br.Br.CC1N=C(C2CCCCCC2)c2ccccc2N(C)C1=O.CN1C(=O)C(N)N=C(C2CCCCCC2)c2ccccc21. The zero-order chi connectivity index (χ0) is 29.6. The third-order valence-corrected chi connectivity index (χ3v) is 9.45. The number of nitrogens with two attached hydrogens (primary N) is 1. The summed E-state index contributed by atoms with van der Waals surface area (Å²) in [5.41, 5.74) is 12.4. The van der Waals surface area contributed by atoms with Crippen LogP contribution in [0.1, 0.15) is 95.1 Å². The average molecular weight is 732 g/mol. The lowest BCUT2D eigenvalue weighted by molar-refractivity contribution is -0.119. The molecular formula is C35H49Br2N5O2. The van der Waals surface area contributed by atoms with E-state index < -0.39 is 6.17 Å². The smallest absolute Gasteiger partial charge is 0.266 e. The number of fused-ring (bicyclic) bond motifs is 2. The van der Waals surface area contributed by atoms with Crippen LogP contribution in [0.15, 0.2) is 58.5 Å². The Kier molecular flexibility index (Phi) is 13.8. The van der Waals surface area contributed by atoms with Crippen molar-refractivity contribution in [3.8, 4) is 0 Å². The van der Waals surface area contributed by atoms with E-state index in [0.29, 0.717) is 11.8 Å². The molecule has 2 atom stereocenters. The fourth-order valence-corrected chi connectivity index (χ4v) is 7.05. The molecule has 0 aromatic heterocycles. The molecule has 0 spiro atoms. The van der Waals surface area contributed by atoms with Crippen molar-refractivity contribution in [3.05, 3.63) is 59.7 Å². The predicted molar refractivity (Wildman–Crippen MR) is 193 cm³/mol. The number of rotatable bonds is 2. The Morgan fingerprint density at radius 2 is 1.00 bits per heavy atom. The summed E-state index contributed by atoms with van der Waals surface area (Å²) in [6.07, 6.45) is 14.3. The molecule has 44 heavy (non-hydrogen) atoms. The number of carbonyl (C=O) groups excluding carboxylic acids is 2. The van der Waals surface area contributed by atoms with Crippen molar-refractivity contribution >= 4 is 68.6 Å². The molecule has 4 aliphatic rings. The first-order valence-corrected chi connectivity index (χ1v) is 16.0. The van der Waals surface area contributed by atoms with E-state index in [1.807, 2.05) is 44.3 Å². The average Bonchev–Trinajstić information content (AvgIpc) is 3.52. The second-order valence-electron chi connectivity index (χ2n) is 12.4. The molecule has 6 rings (SSSR count). The highest BCUT2D eigenvalue weighted by Gasteiger charge is 2.31. The van der Waals surface area contributed by atoms with Crippen LogP contribution in [0.25, 0.3) is 0 Å². The monoisotopic (exact) mass is 729 g/mol. The van der Waals surface area contributed by atoms with E-state index in [9.17, 15) is 9.59 Å². The Bertz CT molecular complexity index is 1230. The maximum atomic E-state index is 12.4. The Labute approximate surface area is 284 Å². The van der Waals surface area contributed by atoms with Gasteiger partial charge in [-0.3, -0.25) is 19.6 Å². The number of amides is 2. The van der Waals surface area contributed by atoms with Crippen molar-refractivity contribution in [1.82, 2.24) is 0 Å². The van der Waals surface area contributed by atoms with E-state index in [1.165, 1.54) is 64.2 Å². The number of anilines is 2. The molecule has 0 radical (unpaired) electrons. The molecule has 2 aromatic rings. The highest BCUT2D eigenvalue weighted by atomic mass is 79.9. The molecule has 2 saturated carbocycles. The van der Waals surface area contributed by atoms with Crippen molar-refractivity contribution in [2.24, 2.45) is 27.6 Å². The minimum absolute atomic E-state index is 0. The summed E-state index contributed by atoms with van der Waals surface area (Å²) in [5, 5.41) is 0. The molecular weight excluding hydrogens is 682 g/mol. The van der Waals surface area contributed by atoms with Gasteiger partial charge in [-0.15, -0.1) is 34.0 Å². The molecule has 2 unspecified atom stereocenters. The van der Waals surface area contributed by atoms with Crippen LogP contribution in [0.4, 0.5) is 11.4 Å². The van der Waals surface area contributed by atoms with Gasteiger partial charge in [0.05, 0.1) is 11.4 Å². The Balaban J connectivity index is 0.000000230. The number of carbonyl (C=O) groups is 2. The standard InChI is InChI=1S/C18H24N2O.C17H23N3O.2BrH/c1-13-18(21)20(2)16-12-8-7-11-15(16)17(19-13)14-9-5-3-4-6-10-14;1-20-14-11-7-6-10-13(14)15(19-16(18)17(20)21)12-8-4-2-3-5-9-12;;/h7-8,11-14H,3-6,9-10H2,1-2H3;6-7,10-12,16H,2-5,8-9,18H2,1H3;2*1H. The van der Waals surface area contributed by atoms with Crippen LogP contribution in [-0.4, -0.2) is 49.5 Å². The van der Waals surface area contributed by atoms with Crippen LogP contribution in [0.3, 0.4) is 0 Å². The van der Waals surface area contributed by atoms with Crippen molar-refractivity contribution in [2.75, 3.05) is 23.9 Å². The lowest BCUT2D eigenvalue weighted by Crippen LogP contribution is -2.39. The molecule has 2 aliphatic heterocycles. The zero-order valence-corrected chi connectivity index (χ0v) is 29.8. The number of benzodiazepines with no additional fused rings is 2. The second kappa shape index (κ2) is 16.8. The van der Waals surface area contributed by atoms with Crippen LogP contribution in [-0.2, 0) is 9.59 Å². The van der Waals surface area contributed by atoms with Crippen LogP contribution < -0.4 is 15.5 Å². The molecule has 2 heterocycles. The Morgan fingerprint density at radius 1 is 0.614 bits per heavy atom. The summed E-state index contributed by atoms with van der Waals surface area (Å²) in [5.74, 6) is 0.895. The highest BCUT2D eigenvalue weighted by molar-refractivity contribution is 8.93. The second-order valence-corrected chi connectivity index (χ2v) is 12.4. The summed E-state index contributed by atoms with van der Waals surface area (Å²) in [7, 11) is 3.65. The molecule has 9 heteroatoms. The van der Waals surface area contributed by atoms with Gasteiger partial charge in [0.1, 0.15) is 6.04 Å². The number of benzene rings is 2. The molecule has 0 bridgehead atoms. The van der Waals surface area contributed by atoms with E-state index in [0.717, 1.165) is 46.8 Å². The van der Waals surface area contributed by atoms with Crippen LogP contribution >= 0.6 is 34.0 Å². The molecule has 0 saturated heterocycles. The van der Waals surface area contributed by atoms with Gasteiger partial charge in [-0.25, -0.2) is 0 Å². The molecule has 7 nitrogen and oxygen atoms in total. The van der Waals surface area contributed by atoms with Crippen molar-refractivity contribution in [1.29, 1.82) is 0 Å². The van der Waals surface area contributed by atoms with E-state index in [-0.39, 0.29) is 51.8 Å². The van der Waals surface area contributed by atoms with Gasteiger partial charge in [0.25, 0.3) is 11.8 Å². The summed E-state index contributed by atoms with van der Waals surface area (Å²) in [6.45, 7) is 1.92. The van der Waals surface area contributed by atoms with Gasteiger partial charge < -0.3 is 15.5 Å². The number of likely N-dealkylation sites (N-methyl/N-ethyl adjacent to an activating group) is 2. The van der Waals surface area contributed by atoms with E-state index in [4.69, 9.17) is 10.7 Å². The van der Waals surface area contributed by atoms with Crippen molar-refractivity contribution in [3.63, 3.8) is 0 Å². The summed E-state index contributed by atoms with van der Waals surface area (Å²) in [4.78, 5) is 37.6. The van der Waals surface area contributed by atoms with Crippen molar-refractivity contribution < 1.29 is 9.59 Å². The Morgan fingerprint density at radius 3 is 1.45 bits per heavy atom. The van der Waals surface area contributed by atoms with E-state index in [2.05, 4.69) is 23.2 Å². The van der Waals surface area contributed by atoms with Gasteiger partial charge in [0.15, 0.2) is 6.17 Å². The van der Waals surface area contributed by atoms with Gasteiger partial charge in [-0.05, 0) is 44.7 Å². The lowest BCUT2D eigenvalue weighted by atomic mass is 9.89. The van der Waals surface area contributed by atoms with Gasteiger partial charge >= 0.3 is 0 Å². The van der Waals surface area contributed by atoms with Crippen molar-refractivity contribution in [2.45, 2.75) is 96.2 Å². The number of para-hydroxylation sites is 2. The molecule has 2 aromatic carbocycles. The summed E-state index contributed by atoms with van der Waals surface area (Å²) < 4.78 is 0. The maximum Gasteiger partial charge on any atom is 0.266 e. The lowest BCUT2D eigenvalue weighted by Gasteiger charge is -2.21. The topological polar surface area (TPSA) is 91.4 Å². The van der Waals surface area contributed by atoms with Gasteiger partial charge in [0.2, 0.25) is 0 Å². The first kappa shape index (κ1) is 36.1. The third-order valence-electron chi connectivity index (χ3n) is 9.45. The molecule has 240 valence electrons. The Hall–Kier alpha value is -2.36. The number of halogens is 2. The first-order chi connectivity index (χ1) is 20.4. The minimum Gasteiger partial charge on any atom is -0.313 e. The van der Waals surface area contributed by atoms with E-state index in [1.54, 1.807) is 16.8 Å². The summed E-state index contributed by atoms with van der Waals surface area (Å²) in [6, 6.07) is 16.0. The molecule has 2 fully saturated rings. The van der Waals surface area contributed by atoms with Gasteiger partial charge in [-0.1, -0.05) is 87.8 Å². The first-order valence-electron chi connectivity index (χ1n) is 16.0. The number of hydrogen-bond acceptors (Lipinski definition) is 5. The van der Waals surface area contributed by atoms with Crippen LogP contribution in [0.5, 0.6) is 0 Å². The highest BCUT2D eigenvalue weighted by Crippen LogP contribution is 2.34. The molecule has 2 N–H and O–H groups in total. The molecule has 2 amide bonds. The third kappa shape index (κ3) is 8.07. The van der Waals surface area contributed by atoms with Gasteiger partial charge in [-0.2, -0.15) is 0 Å².